The lowest BCUT2D eigenvalue weighted by Gasteiger charge is -2.32. The molecule has 0 aromatic carbocycles. The van der Waals surface area contributed by atoms with Gasteiger partial charge in [0, 0.05) is 19.1 Å². The Kier molecular flexibility index (Phi) is 4.21. The van der Waals surface area contributed by atoms with Gasteiger partial charge in [-0.3, -0.25) is 0 Å². The molecule has 106 valence electrons. The van der Waals surface area contributed by atoms with Crippen molar-refractivity contribution in [1.82, 2.24) is 10.2 Å². The number of rotatable bonds is 6. The predicted octanol–water partition coefficient (Wildman–Crippen LogP) is 1.78. The first-order valence-electron chi connectivity index (χ1n) is 7.48. The molecule has 0 bridgehead atoms. The third-order valence-electron chi connectivity index (χ3n) is 4.27. The molecule has 1 aliphatic carbocycles. The van der Waals surface area contributed by atoms with Gasteiger partial charge in [0.05, 0.1) is 6.26 Å². The summed E-state index contributed by atoms with van der Waals surface area (Å²) >= 11 is 0. The van der Waals surface area contributed by atoms with Crippen LogP contribution < -0.4 is 5.32 Å². The maximum Gasteiger partial charge on any atom is 0.133 e. The Hall–Kier alpha value is -0.840. The van der Waals surface area contributed by atoms with Crippen LogP contribution in [0.2, 0.25) is 0 Å². The highest BCUT2D eigenvalue weighted by atomic mass is 16.4. The number of hydrogen-bond donors (Lipinski definition) is 2. The Balaban J connectivity index is 1.35. The molecule has 2 aliphatic rings. The topological polar surface area (TPSA) is 48.6 Å². The van der Waals surface area contributed by atoms with E-state index in [0.29, 0.717) is 18.3 Å². The average Bonchev–Trinajstić information content (AvgIpc) is 3.08. The standard InChI is InChI=1S/C15H24N2O2/c18-14(15-2-1-9-19-15)10-16-13-5-7-17(8-6-13)11-12-3-4-12/h1-2,9,12-14,16,18H,3-8,10-11H2. The largest absolute Gasteiger partial charge is 0.467 e. The summed E-state index contributed by atoms with van der Waals surface area (Å²) in [5.41, 5.74) is 0. The molecule has 0 radical (unpaired) electrons. The van der Waals surface area contributed by atoms with Crippen molar-refractivity contribution in [2.24, 2.45) is 5.92 Å². The molecule has 19 heavy (non-hydrogen) atoms. The quantitative estimate of drug-likeness (QED) is 0.822. The Morgan fingerprint density at radius 2 is 2.11 bits per heavy atom. The van der Waals surface area contributed by atoms with Gasteiger partial charge in [-0.1, -0.05) is 0 Å². The predicted molar refractivity (Wildman–Crippen MR) is 73.9 cm³/mol. The number of furan rings is 1. The lowest BCUT2D eigenvalue weighted by atomic mass is 10.0. The zero-order valence-electron chi connectivity index (χ0n) is 11.4. The number of piperidine rings is 1. The minimum Gasteiger partial charge on any atom is -0.467 e. The highest BCUT2D eigenvalue weighted by molar-refractivity contribution is 5.02. The Bertz CT molecular complexity index is 368. The molecule has 1 atom stereocenters. The molecular weight excluding hydrogens is 240 g/mol. The highest BCUT2D eigenvalue weighted by Crippen LogP contribution is 2.30. The second-order valence-electron chi connectivity index (χ2n) is 5.96. The molecule has 0 amide bonds. The zero-order valence-corrected chi connectivity index (χ0v) is 11.4. The van der Waals surface area contributed by atoms with E-state index in [9.17, 15) is 5.11 Å². The Morgan fingerprint density at radius 3 is 2.74 bits per heavy atom. The van der Waals surface area contributed by atoms with E-state index in [1.807, 2.05) is 12.1 Å². The van der Waals surface area contributed by atoms with Crippen LogP contribution >= 0.6 is 0 Å². The first-order valence-corrected chi connectivity index (χ1v) is 7.48. The second kappa shape index (κ2) is 6.07. The van der Waals surface area contributed by atoms with Gasteiger partial charge in [-0.15, -0.1) is 0 Å². The molecule has 2 heterocycles. The maximum absolute atomic E-state index is 9.95. The van der Waals surface area contributed by atoms with E-state index in [-0.39, 0.29) is 0 Å². The van der Waals surface area contributed by atoms with Crippen LogP contribution in [-0.4, -0.2) is 42.2 Å². The summed E-state index contributed by atoms with van der Waals surface area (Å²) in [6.45, 7) is 4.29. The molecule has 4 heteroatoms. The van der Waals surface area contributed by atoms with Gasteiger partial charge in [0.25, 0.3) is 0 Å². The van der Waals surface area contributed by atoms with Crippen molar-refractivity contribution in [3.05, 3.63) is 24.2 Å². The van der Waals surface area contributed by atoms with Crippen LogP contribution in [0.4, 0.5) is 0 Å². The lowest BCUT2D eigenvalue weighted by Crippen LogP contribution is -2.44. The van der Waals surface area contributed by atoms with E-state index in [2.05, 4.69) is 10.2 Å². The van der Waals surface area contributed by atoms with E-state index >= 15 is 0 Å². The van der Waals surface area contributed by atoms with Gasteiger partial charge in [0.15, 0.2) is 0 Å². The van der Waals surface area contributed by atoms with Crippen molar-refractivity contribution in [3.8, 4) is 0 Å². The van der Waals surface area contributed by atoms with Crippen molar-refractivity contribution >= 4 is 0 Å². The van der Waals surface area contributed by atoms with E-state index in [0.717, 1.165) is 5.92 Å². The molecule has 1 saturated heterocycles. The fourth-order valence-electron chi connectivity index (χ4n) is 2.84. The number of hydrogen-bond acceptors (Lipinski definition) is 4. The summed E-state index contributed by atoms with van der Waals surface area (Å²) in [4.78, 5) is 2.60. The van der Waals surface area contributed by atoms with Gasteiger partial charge < -0.3 is 19.7 Å². The Morgan fingerprint density at radius 1 is 1.32 bits per heavy atom. The van der Waals surface area contributed by atoms with Crippen LogP contribution in [0.25, 0.3) is 0 Å². The molecule has 1 saturated carbocycles. The van der Waals surface area contributed by atoms with Crippen LogP contribution in [0.3, 0.4) is 0 Å². The van der Waals surface area contributed by atoms with Crippen LogP contribution in [0.5, 0.6) is 0 Å². The molecule has 4 nitrogen and oxygen atoms in total. The number of likely N-dealkylation sites (tertiary alicyclic amines) is 1. The fourth-order valence-corrected chi connectivity index (χ4v) is 2.84. The van der Waals surface area contributed by atoms with Crippen LogP contribution in [0.1, 0.15) is 37.5 Å². The summed E-state index contributed by atoms with van der Waals surface area (Å²) in [6.07, 6.45) is 6.34. The summed E-state index contributed by atoms with van der Waals surface area (Å²) in [5.74, 6) is 1.64. The van der Waals surface area contributed by atoms with Gasteiger partial charge in [0.2, 0.25) is 0 Å². The monoisotopic (exact) mass is 264 g/mol. The van der Waals surface area contributed by atoms with Crippen molar-refractivity contribution < 1.29 is 9.52 Å². The van der Waals surface area contributed by atoms with Crippen molar-refractivity contribution in [2.75, 3.05) is 26.2 Å². The molecule has 2 N–H and O–H groups in total. The van der Waals surface area contributed by atoms with E-state index < -0.39 is 6.10 Å². The highest BCUT2D eigenvalue weighted by Gasteiger charge is 2.27. The maximum atomic E-state index is 9.95. The van der Waals surface area contributed by atoms with E-state index in [1.54, 1.807) is 6.26 Å². The zero-order chi connectivity index (χ0) is 13.1. The van der Waals surface area contributed by atoms with E-state index in [4.69, 9.17) is 4.42 Å². The molecular formula is C15H24N2O2. The molecule has 2 fully saturated rings. The third kappa shape index (κ3) is 3.81. The fraction of sp³-hybridized carbons (Fsp3) is 0.733. The first-order chi connectivity index (χ1) is 9.31. The molecule has 1 aromatic heterocycles. The molecule has 0 spiro atoms. The summed E-state index contributed by atoms with van der Waals surface area (Å²) in [7, 11) is 0. The first kappa shape index (κ1) is 13.2. The number of nitrogens with one attached hydrogen (secondary N) is 1. The average molecular weight is 264 g/mol. The van der Waals surface area contributed by atoms with E-state index in [1.165, 1.54) is 45.3 Å². The summed E-state index contributed by atoms with van der Waals surface area (Å²) in [6, 6.07) is 4.18. The minimum absolute atomic E-state index is 0.528. The van der Waals surface area contributed by atoms with Crippen molar-refractivity contribution in [3.63, 3.8) is 0 Å². The lowest BCUT2D eigenvalue weighted by molar-refractivity contribution is 0.131. The van der Waals surface area contributed by atoms with Crippen molar-refractivity contribution in [2.45, 2.75) is 37.8 Å². The molecule has 1 aliphatic heterocycles. The van der Waals surface area contributed by atoms with Gasteiger partial charge in [-0.2, -0.15) is 0 Å². The molecule has 3 rings (SSSR count). The summed E-state index contributed by atoms with van der Waals surface area (Å²) < 4.78 is 5.20. The van der Waals surface area contributed by atoms with Crippen LogP contribution in [-0.2, 0) is 0 Å². The Labute approximate surface area is 114 Å². The second-order valence-corrected chi connectivity index (χ2v) is 5.96. The number of aliphatic hydroxyl groups is 1. The van der Waals surface area contributed by atoms with Crippen LogP contribution in [0.15, 0.2) is 22.8 Å². The third-order valence-corrected chi connectivity index (χ3v) is 4.27. The number of nitrogens with zero attached hydrogens (tertiary/aromatic N) is 1. The minimum atomic E-state index is -0.528. The normalized spacial score (nSPS) is 23.6. The smallest absolute Gasteiger partial charge is 0.133 e. The van der Waals surface area contributed by atoms with Gasteiger partial charge in [0.1, 0.15) is 11.9 Å². The summed E-state index contributed by atoms with van der Waals surface area (Å²) in [5, 5.41) is 13.4. The number of aliphatic hydroxyl groups excluding tert-OH is 1. The van der Waals surface area contributed by atoms with Gasteiger partial charge in [-0.25, -0.2) is 0 Å². The SMILES string of the molecule is OC(CNC1CCN(CC2CC2)CC1)c1ccco1. The van der Waals surface area contributed by atoms with Crippen molar-refractivity contribution in [1.29, 1.82) is 0 Å². The molecule has 1 unspecified atom stereocenters. The molecule has 1 aromatic rings. The van der Waals surface area contributed by atoms with Gasteiger partial charge >= 0.3 is 0 Å². The van der Waals surface area contributed by atoms with Gasteiger partial charge in [-0.05, 0) is 56.8 Å². The van der Waals surface area contributed by atoms with Crippen LogP contribution in [0, 0.1) is 5.92 Å².